The van der Waals surface area contributed by atoms with Gasteiger partial charge in [-0.15, -0.1) is 0 Å². The molecule has 0 aromatic rings. The fraction of sp³-hybridized carbons (Fsp3) is 0.733. The van der Waals surface area contributed by atoms with Crippen molar-refractivity contribution in [2.45, 2.75) is 45.8 Å². The lowest BCUT2D eigenvalue weighted by Crippen LogP contribution is -2.42. The number of carbonyl (C=O) groups excluding carboxylic acids is 1. The Labute approximate surface area is 153 Å². The second-order valence-corrected chi connectivity index (χ2v) is 6.12. The number of carboxylic acids is 3. The van der Waals surface area contributed by atoms with E-state index >= 15 is 0 Å². The van der Waals surface area contributed by atoms with Crippen LogP contribution in [0.15, 0.2) is 0 Å². The average molecular weight is 385 g/mol. The molecule has 0 aromatic heterocycles. The van der Waals surface area contributed by atoms with Gasteiger partial charge in [0, 0.05) is 13.8 Å². The van der Waals surface area contributed by atoms with Gasteiger partial charge in [0.25, 0.3) is 5.97 Å². The van der Waals surface area contributed by atoms with Crippen LogP contribution in [-0.2, 0) is 19.2 Å². The first-order chi connectivity index (χ1) is 11.5. The van der Waals surface area contributed by atoms with Crippen molar-refractivity contribution in [2.24, 2.45) is 5.73 Å². The average Bonchev–Trinajstić information content (AvgIpc) is 2.33. The largest absolute Gasteiger partial charge is 0.481 e. The minimum atomic E-state index is -1.18. The zero-order chi connectivity index (χ0) is 22.1. The van der Waals surface area contributed by atoms with Crippen molar-refractivity contribution in [3.8, 4) is 0 Å². The Morgan fingerprint density at radius 3 is 1.38 bits per heavy atom. The van der Waals surface area contributed by atoms with Gasteiger partial charge >= 0.3 is 11.9 Å². The molecular formula is C15H33N2O9+. The van der Waals surface area contributed by atoms with Crippen LogP contribution in [0.2, 0.25) is 0 Å². The molecule has 2 atom stereocenters. The Morgan fingerprint density at radius 2 is 1.27 bits per heavy atom. The first kappa shape index (κ1) is 31.5. The number of hydrogen-bond donors (Lipinski definition) is 6. The molecule has 0 aliphatic rings. The summed E-state index contributed by atoms with van der Waals surface area (Å²) in [5, 5.41) is 41.2. The lowest BCUT2D eigenvalue weighted by Gasteiger charge is -2.25. The number of carboxylic acid groups (broad SMARTS) is 3. The Balaban J connectivity index is -0.000000138. The summed E-state index contributed by atoms with van der Waals surface area (Å²) in [6.45, 7) is 4.46. The van der Waals surface area contributed by atoms with Crippen LogP contribution in [-0.4, -0.2) is 93.7 Å². The summed E-state index contributed by atoms with van der Waals surface area (Å²) in [5.41, 5.74) is 4.47. The number of amides is 1. The van der Waals surface area contributed by atoms with Crippen molar-refractivity contribution in [2.75, 3.05) is 27.7 Å². The molecule has 0 saturated carbocycles. The van der Waals surface area contributed by atoms with Gasteiger partial charge in [-0.1, -0.05) is 6.92 Å². The molecule has 11 heteroatoms. The van der Waals surface area contributed by atoms with E-state index in [2.05, 4.69) is 5.73 Å². The van der Waals surface area contributed by atoms with Crippen LogP contribution in [0.4, 0.5) is 0 Å². The van der Waals surface area contributed by atoms with Crippen molar-refractivity contribution < 1.29 is 49.2 Å². The minimum Gasteiger partial charge on any atom is -0.481 e. The highest BCUT2D eigenvalue weighted by Gasteiger charge is 2.17. The monoisotopic (exact) mass is 385 g/mol. The molecule has 0 spiro atoms. The molecule has 7 N–H and O–H groups in total. The summed E-state index contributed by atoms with van der Waals surface area (Å²) in [4.78, 5) is 38.0. The number of aliphatic hydroxyl groups is 2. The molecule has 0 saturated heterocycles. The van der Waals surface area contributed by atoms with Crippen molar-refractivity contribution in [1.29, 1.82) is 0 Å². The third-order valence-corrected chi connectivity index (χ3v) is 1.84. The maximum atomic E-state index is 10.1. The van der Waals surface area contributed by atoms with E-state index in [1.165, 1.54) is 6.92 Å². The normalized spacial score (nSPS) is 11.7. The van der Waals surface area contributed by atoms with Gasteiger partial charge in [-0.05, 0) is 6.42 Å². The van der Waals surface area contributed by atoms with Crippen LogP contribution in [0, 0.1) is 0 Å². The highest BCUT2D eigenvalue weighted by Crippen LogP contribution is 1.98. The Bertz CT molecular complexity index is 400. The fourth-order valence-corrected chi connectivity index (χ4v) is 1.07. The molecule has 0 fully saturated rings. The Hall–Kier alpha value is -2.24. The van der Waals surface area contributed by atoms with Crippen LogP contribution in [0.1, 0.15) is 33.6 Å². The number of nitrogens with two attached hydrogens (primary N) is 1. The molecule has 0 rings (SSSR count). The van der Waals surface area contributed by atoms with Gasteiger partial charge in [-0.2, -0.15) is 0 Å². The van der Waals surface area contributed by atoms with Gasteiger partial charge < -0.3 is 35.7 Å². The fourth-order valence-electron chi connectivity index (χ4n) is 1.07. The molecule has 0 aliphatic heterocycles. The zero-order valence-corrected chi connectivity index (χ0v) is 16.2. The topological polar surface area (TPSA) is 195 Å². The van der Waals surface area contributed by atoms with E-state index in [4.69, 9.17) is 30.3 Å². The van der Waals surface area contributed by atoms with Gasteiger partial charge in [0.2, 0.25) is 5.91 Å². The van der Waals surface area contributed by atoms with Crippen molar-refractivity contribution >= 4 is 23.8 Å². The molecule has 0 aromatic carbocycles. The van der Waals surface area contributed by atoms with Crippen molar-refractivity contribution in [3.05, 3.63) is 0 Å². The van der Waals surface area contributed by atoms with E-state index in [0.717, 1.165) is 6.92 Å². The lowest BCUT2D eigenvalue weighted by molar-refractivity contribution is -0.873. The number of likely N-dealkylation sites (N-methyl/N-ethyl adjacent to an activating group) is 1. The van der Waals surface area contributed by atoms with Crippen LogP contribution in [0.3, 0.4) is 0 Å². The van der Waals surface area contributed by atoms with E-state index in [1.807, 2.05) is 21.1 Å². The second kappa shape index (κ2) is 17.6. The van der Waals surface area contributed by atoms with Gasteiger partial charge in [-0.25, -0.2) is 4.79 Å². The summed E-state index contributed by atoms with van der Waals surface area (Å²) in [5.74, 6) is -3.27. The van der Waals surface area contributed by atoms with E-state index < -0.39 is 30.1 Å². The summed E-state index contributed by atoms with van der Waals surface area (Å²) >= 11 is 0. The van der Waals surface area contributed by atoms with Gasteiger partial charge in [0.1, 0.15) is 12.6 Å². The van der Waals surface area contributed by atoms with Gasteiger partial charge in [0.15, 0.2) is 6.10 Å². The number of aliphatic hydroxyl groups excluding tert-OH is 2. The number of primary amides is 1. The Morgan fingerprint density at radius 1 is 0.962 bits per heavy atom. The SMILES string of the molecule is CC(=O)O.CC(N)=O.CCC(O)C(=O)O.C[N+](C)(C)CC(O)CC(=O)O. The lowest BCUT2D eigenvalue weighted by atomic mass is 10.2. The third-order valence-electron chi connectivity index (χ3n) is 1.84. The standard InChI is InChI=1S/C7H15NO3.C4H8O3.C2H5NO.C2H4O2/c1-8(2,3)5-6(9)4-7(10)11;1-2-3(5)4(6)7;2*1-2(3)4/h6,9H,4-5H2,1-3H3;3,5H,2H2,1H3,(H,6,7);1H3,(H2,3,4);1H3,(H,3,4)/p+1. The number of nitrogens with zero attached hydrogens (tertiary/aromatic N) is 1. The molecule has 26 heavy (non-hydrogen) atoms. The summed E-state index contributed by atoms with van der Waals surface area (Å²) in [7, 11) is 5.72. The predicted molar refractivity (Wildman–Crippen MR) is 93.3 cm³/mol. The van der Waals surface area contributed by atoms with Crippen LogP contribution >= 0.6 is 0 Å². The molecule has 11 nitrogen and oxygen atoms in total. The zero-order valence-electron chi connectivity index (χ0n) is 16.2. The van der Waals surface area contributed by atoms with E-state index in [0.29, 0.717) is 11.0 Å². The molecule has 1 amide bonds. The second-order valence-electron chi connectivity index (χ2n) is 6.12. The quantitative estimate of drug-likeness (QED) is 0.309. The van der Waals surface area contributed by atoms with Crippen molar-refractivity contribution in [3.63, 3.8) is 0 Å². The van der Waals surface area contributed by atoms with Crippen LogP contribution < -0.4 is 5.73 Å². The number of rotatable bonds is 6. The highest BCUT2D eigenvalue weighted by molar-refractivity contribution is 5.71. The molecule has 0 radical (unpaired) electrons. The minimum absolute atomic E-state index is 0.171. The Kier molecular flexibility index (Phi) is 21.3. The number of aliphatic carboxylic acids is 3. The number of hydrogen-bond acceptors (Lipinski definition) is 6. The molecule has 0 aliphatic carbocycles. The summed E-state index contributed by atoms with van der Waals surface area (Å²) < 4.78 is 0.578. The third kappa shape index (κ3) is 57.6. The maximum Gasteiger partial charge on any atom is 0.332 e. The molecule has 0 heterocycles. The van der Waals surface area contributed by atoms with Gasteiger partial charge in [0.05, 0.1) is 27.6 Å². The number of quaternary nitrogens is 1. The maximum absolute atomic E-state index is 10.1. The number of carbonyl (C=O) groups is 4. The van der Waals surface area contributed by atoms with E-state index in [-0.39, 0.29) is 18.7 Å². The van der Waals surface area contributed by atoms with Gasteiger partial charge in [-0.3, -0.25) is 14.4 Å². The van der Waals surface area contributed by atoms with Crippen molar-refractivity contribution in [1.82, 2.24) is 0 Å². The summed E-state index contributed by atoms with van der Waals surface area (Å²) in [6.07, 6.45) is -1.82. The first-order valence-electron chi connectivity index (χ1n) is 7.52. The molecule has 2 unspecified atom stereocenters. The van der Waals surface area contributed by atoms with Crippen LogP contribution in [0.25, 0.3) is 0 Å². The first-order valence-corrected chi connectivity index (χ1v) is 7.52. The van der Waals surface area contributed by atoms with Crippen LogP contribution in [0.5, 0.6) is 0 Å². The highest BCUT2D eigenvalue weighted by atomic mass is 16.4. The summed E-state index contributed by atoms with van der Waals surface area (Å²) in [6, 6.07) is 0. The molecule has 0 bridgehead atoms. The predicted octanol–water partition coefficient (Wildman–Crippen LogP) is -1.05. The molecular weight excluding hydrogens is 352 g/mol. The molecule has 156 valence electrons. The van der Waals surface area contributed by atoms with E-state index in [1.54, 1.807) is 6.92 Å². The smallest absolute Gasteiger partial charge is 0.332 e. The van der Waals surface area contributed by atoms with E-state index in [9.17, 15) is 14.4 Å².